The molecule has 0 saturated heterocycles. The summed E-state index contributed by atoms with van der Waals surface area (Å²) in [6.45, 7) is 6.47. The highest BCUT2D eigenvalue weighted by atomic mass is 35.5. The molecule has 35 heavy (non-hydrogen) atoms. The molecule has 0 aliphatic carbocycles. The first-order valence-corrected chi connectivity index (χ1v) is 11.7. The van der Waals surface area contributed by atoms with Crippen molar-refractivity contribution in [2.24, 2.45) is 7.05 Å². The van der Waals surface area contributed by atoms with Crippen molar-refractivity contribution in [3.05, 3.63) is 111 Å². The monoisotopic (exact) mass is 490 g/mol. The van der Waals surface area contributed by atoms with E-state index in [9.17, 15) is 9.18 Å². The topological polar surface area (TPSA) is 62.8 Å². The summed E-state index contributed by atoms with van der Waals surface area (Å²) in [6.07, 6.45) is 3.66. The molecule has 0 spiro atoms. The average Bonchev–Trinajstić information content (AvgIpc) is 3.11. The minimum absolute atomic E-state index is 0.206. The third kappa shape index (κ3) is 5.38. The Hall–Kier alpha value is -3.64. The maximum atomic E-state index is 14.0. The Balaban J connectivity index is 1.71. The number of imidazole rings is 1. The molecule has 0 unspecified atom stereocenters. The summed E-state index contributed by atoms with van der Waals surface area (Å²) in [5.74, 6) is -0.489. The van der Waals surface area contributed by atoms with Crippen LogP contribution in [0.5, 0.6) is 0 Å². The molecule has 5 nitrogen and oxygen atoms in total. The van der Waals surface area contributed by atoms with E-state index in [1.807, 2.05) is 81.2 Å². The van der Waals surface area contributed by atoms with Gasteiger partial charge in [-0.2, -0.15) is 0 Å². The summed E-state index contributed by atoms with van der Waals surface area (Å²) in [5, 5.41) is 11.9. The minimum Gasteiger partial charge on any atom is -0.348 e. The van der Waals surface area contributed by atoms with Gasteiger partial charge in [-0.15, -0.1) is 0 Å². The van der Waals surface area contributed by atoms with E-state index in [1.165, 1.54) is 12.1 Å². The van der Waals surface area contributed by atoms with Crippen molar-refractivity contribution < 1.29 is 9.18 Å². The molecule has 1 heterocycles. The van der Waals surface area contributed by atoms with Crippen LogP contribution in [0.25, 0.3) is 11.1 Å². The number of hydrogen-bond acceptors (Lipinski definition) is 2. The van der Waals surface area contributed by atoms with Gasteiger partial charge in [-0.05, 0) is 96.1 Å². The summed E-state index contributed by atoms with van der Waals surface area (Å²) < 4.78 is 17.5. The molecule has 2 N–H and O–H groups in total. The van der Waals surface area contributed by atoms with E-state index in [2.05, 4.69) is 5.32 Å². The van der Waals surface area contributed by atoms with Gasteiger partial charge in [0.25, 0.3) is 5.91 Å². The number of halogens is 2. The van der Waals surface area contributed by atoms with Crippen LogP contribution < -0.4 is 10.9 Å². The average molecular weight is 491 g/mol. The van der Waals surface area contributed by atoms with Crippen LogP contribution in [0.2, 0.25) is 5.02 Å². The summed E-state index contributed by atoms with van der Waals surface area (Å²) in [5.41, 5.74) is 7.00. The molecule has 180 valence electrons. The zero-order valence-corrected chi connectivity index (χ0v) is 21.0. The Morgan fingerprint density at radius 1 is 0.971 bits per heavy atom. The largest absolute Gasteiger partial charge is 0.348 e. The smallest absolute Gasteiger partial charge is 0.251 e. The van der Waals surface area contributed by atoms with Crippen molar-refractivity contribution in [3.63, 3.8) is 0 Å². The third-order valence-electron chi connectivity index (χ3n) is 6.15. The number of aryl methyl sites for hydroxylation is 4. The number of carbonyl (C=O) groups is 1. The second kappa shape index (κ2) is 9.92. The highest BCUT2D eigenvalue weighted by Gasteiger charge is 2.14. The number of benzene rings is 3. The summed E-state index contributed by atoms with van der Waals surface area (Å²) >= 11 is 6.12. The van der Waals surface area contributed by atoms with Gasteiger partial charge >= 0.3 is 0 Å². The Labute approximate surface area is 209 Å². The van der Waals surface area contributed by atoms with Crippen LogP contribution in [0, 0.1) is 32.0 Å². The van der Waals surface area contributed by atoms with E-state index >= 15 is 0 Å². The predicted octanol–water partition coefficient (Wildman–Crippen LogP) is 5.67. The fraction of sp³-hybridized carbons (Fsp3) is 0.214. The number of rotatable bonds is 6. The molecule has 4 rings (SSSR count). The summed E-state index contributed by atoms with van der Waals surface area (Å²) in [7, 11) is 1.82. The molecule has 0 saturated carbocycles. The lowest BCUT2D eigenvalue weighted by molar-refractivity contribution is 0.0951. The van der Waals surface area contributed by atoms with Gasteiger partial charge in [0, 0.05) is 36.6 Å². The van der Waals surface area contributed by atoms with Crippen LogP contribution in [-0.2, 0) is 20.1 Å². The van der Waals surface area contributed by atoms with Crippen molar-refractivity contribution >= 4 is 17.5 Å². The molecule has 7 heteroatoms. The Kier molecular flexibility index (Phi) is 6.94. The fourth-order valence-corrected chi connectivity index (χ4v) is 4.49. The van der Waals surface area contributed by atoms with Crippen LogP contribution in [0.15, 0.2) is 60.9 Å². The molecule has 3 aromatic carbocycles. The maximum Gasteiger partial charge on any atom is 0.251 e. The van der Waals surface area contributed by atoms with E-state index in [0.29, 0.717) is 29.3 Å². The van der Waals surface area contributed by atoms with E-state index in [-0.39, 0.29) is 11.7 Å². The van der Waals surface area contributed by atoms with Gasteiger partial charge in [-0.1, -0.05) is 23.7 Å². The highest BCUT2D eigenvalue weighted by Crippen LogP contribution is 2.30. The van der Waals surface area contributed by atoms with Crippen LogP contribution in [0.1, 0.15) is 38.2 Å². The van der Waals surface area contributed by atoms with Crippen LogP contribution in [0.4, 0.5) is 4.39 Å². The number of aromatic nitrogens is 2. The lowest BCUT2D eigenvalue weighted by Crippen LogP contribution is -2.24. The second-order valence-corrected chi connectivity index (χ2v) is 9.37. The van der Waals surface area contributed by atoms with Crippen LogP contribution in [-0.4, -0.2) is 15.0 Å². The number of carbonyl (C=O) groups excluding carboxylic acids is 1. The molecular formula is C28H28ClFN4O. The van der Waals surface area contributed by atoms with E-state index < -0.39 is 0 Å². The van der Waals surface area contributed by atoms with Crippen molar-refractivity contribution in [2.45, 2.75) is 33.9 Å². The van der Waals surface area contributed by atoms with Gasteiger partial charge in [-0.3, -0.25) is 10.2 Å². The van der Waals surface area contributed by atoms with Crippen molar-refractivity contribution in [2.75, 3.05) is 0 Å². The lowest BCUT2D eigenvalue weighted by Gasteiger charge is -2.15. The zero-order valence-electron chi connectivity index (χ0n) is 20.2. The van der Waals surface area contributed by atoms with Crippen molar-refractivity contribution in [1.82, 2.24) is 14.5 Å². The summed E-state index contributed by atoms with van der Waals surface area (Å²) in [6, 6.07) is 14.4. The molecule has 4 aromatic rings. The standard InChI is InChI=1S/C28H28ClFN4O/c1-17-9-20(5-6-25(17)29)15-32-27(35)23-13-21(16-34-8-7-33(4)28(34)31)12-22(14-23)26-18(2)10-24(30)11-19(26)3/h5-14,31H,15-16H2,1-4H3,(H,32,35). The first kappa shape index (κ1) is 24.5. The van der Waals surface area contributed by atoms with Crippen LogP contribution in [0.3, 0.4) is 0 Å². The number of amides is 1. The van der Waals surface area contributed by atoms with E-state index in [1.54, 1.807) is 4.57 Å². The third-order valence-corrected chi connectivity index (χ3v) is 6.57. The molecular weight excluding hydrogens is 463 g/mol. The Morgan fingerprint density at radius 3 is 2.31 bits per heavy atom. The van der Waals surface area contributed by atoms with Crippen LogP contribution >= 0.6 is 11.6 Å². The predicted molar refractivity (Wildman–Crippen MR) is 137 cm³/mol. The Bertz CT molecular complexity index is 1460. The van der Waals surface area contributed by atoms with Crippen molar-refractivity contribution in [1.29, 1.82) is 5.41 Å². The van der Waals surface area contributed by atoms with Gasteiger partial charge in [0.2, 0.25) is 5.62 Å². The molecule has 0 bridgehead atoms. The van der Waals surface area contributed by atoms with E-state index in [0.717, 1.165) is 38.9 Å². The Morgan fingerprint density at radius 2 is 1.69 bits per heavy atom. The molecule has 1 amide bonds. The second-order valence-electron chi connectivity index (χ2n) is 8.96. The normalized spacial score (nSPS) is 11.0. The van der Waals surface area contributed by atoms with Gasteiger partial charge in [0.05, 0.1) is 6.54 Å². The quantitative estimate of drug-likeness (QED) is 0.359. The minimum atomic E-state index is -0.283. The highest BCUT2D eigenvalue weighted by molar-refractivity contribution is 6.31. The van der Waals surface area contributed by atoms with E-state index in [4.69, 9.17) is 17.0 Å². The molecule has 0 fully saturated rings. The first-order valence-electron chi connectivity index (χ1n) is 11.3. The lowest BCUT2D eigenvalue weighted by atomic mass is 9.92. The van der Waals surface area contributed by atoms with Gasteiger partial charge < -0.3 is 14.5 Å². The van der Waals surface area contributed by atoms with Gasteiger partial charge in [0.1, 0.15) is 5.82 Å². The van der Waals surface area contributed by atoms with Gasteiger partial charge in [0.15, 0.2) is 0 Å². The number of nitrogens with zero attached hydrogens (tertiary/aromatic N) is 2. The molecule has 0 aliphatic heterocycles. The van der Waals surface area contributed by atoms with Gasteiger partial charge in [-0.25, -0.2) is 4.39 Å². The molecule has 0 atom stereocenters. The molecule has 1 aromatic heterocycles. The summed E-state index contributed by atoms with van der Waals surface area (Å²) in [4.78, 5) is 13.2. The fourth-order valence-electron chi connectivity index (χ4n) is 4.37. The first-order chi connectivity index (χ1) is 16.6. The molecule has 0 radical (unpaired) electrons. The maximum absolute atomic E-state index is 14.0. The van der Waals surface area contributed by atoms with Crippen molar-refractivity contribution in [3.8, 4) is 11.1 Å². The number of hydrogen-bond donors (Lipinski definition) is 2. The molecule has 0 aliphatic rings. The zero-order chi connectivity index (χ0) is 25.3. The SMILES string of the molecule is Cc1cc(CNC(=O)c2cc(Cn3ccn(C)c3=N)cc(-c3c(C)cc(F)cc3C)c2)ccc1Cl. The number of nitrogens with one attached hydrogen (secondary N) is 2.